The van der Waals surface area contributed by atoms with Gasteiger partial charge in [0.05, 0.1) is 10.9 Å². The topological polar surface area (TPSA) is 98.2 Å². The Labute approximate surface area is 252 Å². The predicted octanol–water partition coefficient (Wildman–Crippen LogP) is 4.34. The third-order valence-corrected chi connectivity index (χ3v) is 11.3. The Kier molecular flexibility index (Phi) is 10.5. The molecule has 1 fully saturated rings. The van der Waals surface area contributed by atoms with Crippen LogP contribution in [0.2, 0.25) is 0 Å². The van der Waals surface area contributed by atoms with Gasteiger partial charge in [-0.05, 0) is 36.6 Å². The zero-order valence-corrected chi connectivity index (χ0v) is 26.0. The van der Waals surface area contributed by atoms with Gasteiger partial charge in [-0.2, -0.15) is 35.0 Å². The lowest BCUT2D eigenvalue weighted by atomic mass is 9.95. The molecule has 2 atom stereocenters. The number of hydrogen-bond donors (Lipinski definition) is 1. The molecule has 43 heavy (non-hydrogen) atoms. The Morgan fingerprint density at radius 3 is 2.16 bits per heavy atom. The summed E-state index contributed by atoms with van der Waals surface area (Å²) in [6.45, 7) is 2.46. The summed E-state index contributed by atoms with van der Waals surface area (Å²) in [6.07, 6.45) is -5.25. The number of hydrogen-bond acceptors (Lipinski definition) is 7. The average molecular weight is 678 g/mol. The lowest BCUT2D eigenvalue weighted by molar-refractivity contribution is -0.258. The lowest BCUT2D eigenvalue weighted by Crippen LogP contribution is -2.59. The molecule has 0 spiro atoms. The standard InChI is InChI=1S/C26H33F6N3O5S3/c1-18(2)14-34(42(37,38)17-25(27,28)29)16-21-15-33(43(39,40)23-7-5-4-6-22(23)41)12-13-35(21)20-10-8-19(9-11-20)24(3,36)26(30,31)32/h4-5,7-11,18,21,36H,6,12-17H2,1-3H3/t21-,24+/m1/s1. The number of rotatable bonds is 10. The van der Waals surface area contributed by atoms with E-state index >= 15 is 0 Å². The molecule has 1 aromatic carbocycles. The van der Waals surface area contributed by atoms with Crippen molar-refractivity contribution in [2.24, 2.45) is 5.92 Å². The quantitative estimate of drug-likeness (QED) is 0.291. The van der Waals surface area contributed by atoms with E-state index in [0.717, 1.165) is 16.4 Å². The molecule has 1 saturated heterocycles. The third kappa shape index (κ3) is 8.36. The molecule has 2 aliphatic rings. The highest BCUT2D eigenvalue weighted by molar-refractivity contribution is 7.96. The van der Waals surface area contributed by atoms with Crippen molar-refractivity contribution in [2.75, 3.05) is 43.4 Å². The molecule has 1 aliphatic heterocycles. The molecular weight excluding hydrogens is 644 g/mol. The summed E-state index contributed by atoms with van der Waals surface area (Å²) >= 11 is 5.23. The molecule has 242 valence electrons. The highest BCUT2D eigenvalue weighted by atomic mass is 32.2. The maximum atomic E-state index is 13.5. The van der Waals surface area contributed by atoms with Gasteiger partial charge in [0.2, 0.25) is 20.0 Å². The van der Waals surface area contributed by atoms with Crippen LogP contribution in [0.15, 0.2) is 47.4 Å². The first kappa shape index (κ1) is 35.4. The van der Waals surface area contributed by atoms with E-state index in [1.54, 1.807) is 24.8 Å². The van der Waals surface area contributed by atoms with Gasteiger partial charge in [-0.15, -0.1) is 0 Å². The number of anilines is 1. The second-order valence-electron chi connectivity index (χ2n) is 11.0. The normalized spacial score (nSPS) is 20.9. The van der Waals surface area contributed by atoms with Crippen molar-refractivity contribution in [2.45, 2.75) is 51.2 Å². The minimum atomic E-state index is -5.03. The van der Waals surface area contributed by atoms with E-state index in [1.165, 1.54) is 24.3 Å². The van der Waals surface area contributed by atoms with Crippen molar-refractivity contribution in [3.63, 3.8) is 0 Å². The molecule has 0 aromatic heterocycles. The number of alkyl halides is 6. The fraction of sp³-hybridized carbons (Fsp3) is 0.577. The van der Waals surface area contributed by atoms with Crippen LogP contribution in [0.1, 0.15) is 32.8 Å². The first-order valence-corrected chi connectivity index (χ1v) is 16.6. The minimum absolute atomic E-state index is 0.0658. The van der Waals surface area contributed by atoms with Crippen LogP contribution in [0.25, 0.3) is 0 Å². The number of aliphatic hydroxyl groups is 1. The smallest absolute Gasteiger partial charge is 0.376 e. The number of piperazine rings is 1. The Bertz CT molecular complexity index is 1450. The zero-order chi connectivity index (χ0) is 32.6. The van der Waals surface area contributed by atoms with Crippen molar-refractivity contribution >= 4 is 42.8 Å². The summed E-state index contributed by atoms with van der Waals surface area (Å²) in [6, 6.07) is 3.55. The van der Waals surface area contributed by atoms with E-state index < -0.39 is 61.9 Å². The molecule has 17 heteroatoms. The summed E-state index contributed by atoms with van der Waals surface area (Å²) in [5, 5.41) is 10.0. The molecule has 0 radical (unpaired) electrons. The fourth-order valence-corrected chi connectivity index (χ4v) is 8.41. The summed E-state index contributed by atoms with van der Waals surface area (Å²) in [5.41, 5.74) is -3.38. The number of sulfonamides is 2. The molecule has 0 amide bonds. The highest BCUT2D eigenvalue weighted by Gasteiger charge is 2.51. The molecule has 1 aliphatic carbocycles. The minimum Gasteiger partial charge on any atom is -0.376 e. The molecule has 0 saturated carbocycles. The van der Waals surface area contributed by atoms with E-state index in [4.69, 9.17) is 12.2 Å². The van der Waals surface area contributed by atoms with Gasteiger partial charge in [0.15, 0.2) is 11.4 Å². The van der Waals surface area contributed by atoms with Crippen LogP contribution in [-0.2, 0) is 25.6 Å². The van der Waals surface area contributed by atoms with Crippen molar-refractivity contribution in [3.8, 4) is 0 Å². The monoisotopic (exact) mass is 677 g/mol. The molecule has 8 nitrogen and oxygen atoms in total. The second-order valence-corrected chi connectivity index (χ2v) is 15.4. The highest BCUT2D eigenvalue weighted by Crippen LogP contribution is 2.39. The fourth-order valence-electron chi connectivity index (χ4n) is 4.82. The summed E-state index contributed by atoms with van der Waals surface area (Å²) in [7, 11) is -9.06. The molecule has 3 rings (SSSR count). The number of thiocarbonyl (C=S) groups is 1. The molecule has 0 bridgehead atoms. The van der Waals surface area contributed by atoms with Crippen molar-refractivity contribution in [1.29, 1.82) is 0 Å². The van der Waals surface area contributed by atoms with Gasteiger partial charge in [-0.25, -0.2) is 16.8 Å². The van der Waals surface area contributed by atoms with Crippen LogP contribution >= 0.6 is 12.2 Å². The molecule has 0 unspecified atom stereocenters. The Morgan fingerprint density at radius 1 is 1.05 bits per heavy atom. The second kappa shape index (κ2) is 12.7. The number of nitrogens with zero attached hydrogens (tertiary/aromatic N) is 3. The van der Waals surface area contributed by atoms with Crippen molar-refractivity contribution in [1.82, 2.24) is 8.61 Å². The summed E-state index contributed by atoms with van der Waals surface area (Å²) in [4.78, 5) is 1.60. The van der Waals surface area contributed by atoms with Crippen molar-refractivity contribution in [3.05, 3.63) is 53.0 Å². The van der Waals surface area contributed by atoms with Crippen LogP contribution in [0.3, 0.4) is 0 Å². The van der Waals surface area contributed by atoms with Gasteiger partial charge in [0, 0.05) is 49.7 Å². The number of benzene rings is 1. The average Bonchev–Trinajstić information content (AvgIpc) is 2.86. The Hall–Kier alpha value is -2.05. The largest absolute Gasteiger partial charge is 0.421 e. The van der Waals surface area contributed by atoms with Crippen LogP contribution in [0.5, 0.6) is 0 Å². The van der Waals surface area contributed by atoms with E-state index in [1.807, 2.05) is 0 Å². The molecule has 1 heterocycles. The van der Waals surface area contributed by atoms with Gasteiger partial charge in [0.1, 0.15) is 0 Å². The van der Waals surface area contributed by atoms with Gasteiger partial charge < -0.3 is 10.0 Å². The van der Waals surface area contributed by atoms with Crippen LogP contribution < -0.4 is 4.90 Å². The van der Waals surface area contributed by atoms with Gasteiger partial charge >= 0.3 is 12.4 Å². The van der Waals surface area contributed by atoms with Gasteiger partial charge in [-0.1, -0.05) is 50.4 Å². The zero-order valence-electron chi connectivity index (χ0n) is 23.6. The molecular formula is C26H33F6N3O5S3. The Balaban J connectivity index is 2.03. The first-order chi connectivity index (χ1) is 19.6. The van der Waals surface area contributed by atoms with Crippen LogP contribution in [-0.4, -0.2) is 92.3 Å². The summed E-state index contributed by atoms with van der Waals surface area (Å²) < 4.78 is 134. The first-order valence-electron chi connectivity index (χ1n) is 13.2. The maximum Gasteiger partial charge on any atom is 0.421 e. The third-order valence-electron chi connectivity index (χ3n) is 7.06. The Morgan fingerprint density at radius 2 is 1.65 bits per heavy atom. The maximum absolute atomic E-state index is 13.5. The van der Waals surface area contributed by atoms with E-state index in [0.29, 0.717) is 11.2 Å². The van der Waals surface area contributed by atoms with E-state index in [9.17, 15) is 48.3 Å². The van der Waals surface area contributed by atoms with Crippen LogP contribution in [0, 0.1) is 5.92 Å². The SMILES string of the molecule is CC(C)CN(C[C@H]1CN(S(=O)(=O)C2=CC=CCC2=S)CCN1c1ccc([C@](C)(O)C(F)(F)F)cc1)S(=O)(=O)CC(F)(F)F. The predicted molar refractivity (Wildman–Crippen MR) is 154 cm³/mol. The lowest BCUT2D eigenvalue weighted by Gasteiger charge is -2.44. The molecule has 1 N–H and O–H groups in total. The number of allylic oxidation sites excluding steroid dienone is 4. The molecule has 1 aromatic rings. The van der Waals surface area contributed by atoms with Crippen LogP contribution in [0.4, 0.5) is 32.0 Å². The van der Waals surface area contributed by atoms with E-state index in [-0.39, 0.29) is 54.0 Å². The van der Waals surface area contributed by atoms with Gasteiger partial charge in [0.25, 0.3) is 0 Å². The van der Waals surface area contributed by atoms with E-state index in [2.05, 4.69) is 0 Å². The van der Waals surface area contributed by atoms with Crippen molar-refractivity contribution < 1.29 is 48.3 Å². The number of halogens is 6. The summed E-state index contributed by atoms with van der Waals surface area (Å²) in [5.74, 6) is -2.50. The van der Waals surface area contributed by atoms with Gasteiger partial charge in [-0.3, -0.25) is 0 Å².